The summed E-state index contributed by atoms with van der Waals surface area (Å²) in [5.41, 5.74) is -2.01. The molecule has 0 unspecified atom stereocenters. The number of rotatable bonds is 2. The third-order valence-corrected chi connectivity index (χ3v) is 8.51. The Balaban J connectivity index is 1.81. The second kappa shape index (κ2) is 6.80. The first-order valence-electron chi connectivity index (χ1n) is 10.5. The third kappa shape index (κ3) is 2.81. The molecule has 0 aromatic carbocycles. The van der Waals surface area contributed by atoms with E-state index >= 15 is 0 Å². The normalized spacial score (nSPS) is 49.8. The van der Waals surface area contributed by atoms with Gasteiger partial charge < -0.3 is 29.2 Å². The molecule has 1 aromatic heterocycles. The molecule has 4 rings (SSSR count). The lowest BCUT2D eigenvalue weighted by molar-refractivity contribution is -0.287. The highest BCUT2D eigenvalue weighted by atomic mass is 16.6. The van der Waals surface area contributed by atoms with E-state index in [-0.39, 0.29) is 17.9 Å². The minimum atomic E-state index is -1.38. The zero-order valence-electron chi connectivity index (χ0n) is 17.5. The Labute approximate surface area is 171 Å². The zero-order chi connectivity index (χ0) is 21.2. The van der Waals surface area contributed by atoms with E-state index in [2.05, 4.69) is 0 Å². The number of ether oxygens (including phenoxy) is 2. The Morgan fingerprint density at radius 3 is 2.59 bits per heavy atom. The average Bonchev–Trinajstić information content (AvgIpc) is 3.27. The molecular weight excluding hydrogens is 376 g/mol. The van der Waals surface area contributed by atoms with Gasteiger partial charge in [-0.05, 0) is 44.6 Å². The molecule has 1 spiro atoms. The molecule has 7 nitrogen and oxygen atoms in total. The van der Waals surface area contributed by atoms with Gasteiger partial charge in [-0.1, -0.05) is 13.8 Å². The van der Waals surface area contributed by atoms with E-state index in [1.54, 1.807) is 19.5 Å². The summed E-state index contributed by atoms with van der Waals surface area (Å²) in [4.78, 5) is 11.8. The van der Waals surface area contributed by atoms with Crippen LogP contribution in [0.15, 0.2) is 23.0 Å². The van der Waals surface area contributed by atoms with Gasteiger partial charge >= 0.3 is 5.97 Å². The second-order valence-electron chi connectivity index (χ2n) is 9.70. The number of carbonyl (C=O) groups is 1. The highest BCUT2D eigenvalue weighted by Crippen LogP contribution is 2.68. The highest BCUT2D eigenvalue weighted by molar-refractivity contribution is 5.66. The number of aliphatic hydroxyl groups is 3. The highest BCUT2D eigenvalue weighted by Gasteiger charge is 2.71. The van der Waals surface area contributed by atoms with Gasteiger partial charge in [0.05, 0.1) is 30.3 Å². The molecule has 162 valence electrons. The fourth-order valence-electron chi connectivity index (χ4n) is 6.62. The number of esters is 1. The largest absolute Gasteiger partial charge is 0.472 e. The van der Waals surface area contributed by atoms with Gasteiger partial charge in [0.1, 0.15) is 6.10 Å². The summed E-state index contributed by atoms with van der Waals surface area (Å²) in [5, 5.41) is 33.2. The first kappa shape index (κ1) is 20.8. The Morgan fingerprint density at radius 1 is 1.24 bits per heavy atom. The van der Waals surface area contributed by atoms with Crippen molar-refractivity contribution in [3.63, 3.8) is 0 Å². The Kier molecular flexibility index (Phi) is 4.89. The second-order valence-corrected chi connectivity index (χ2v) is 9.70. The molecule has 9 atom stereocenters. The van der Waals surface area contributed by atoms with Gasteiger partial charge in [0.2, 0.25) is 0 Å². The van der Waals surface area contributed by atoms with Gasteiger partial charge in [-0.25, -0.2) is 0 Å². The van der Waals surface area contributed by atoms with E-state index < -0.39 is 40.9 Å². The maximum absolute atomic E-state index is 11.8. The van der Waals surface area contributed by atoms with Gasteiger partial charge in [0, 0.05) is 29.2 Å². The first-order valence-corrected chi connectivity index (χ1v) is 10.5. The van der Waals surface area contributed by atoms with Crippen LogP contribution in [0.3, 0.4) is 0 Å². The van der Waals surface area contributed by atoms with Crippen LogP contribution in [0.1, 0.15) is 65.0 Å². The average molecular weight is 408 g/mol. The molecular formula is C22H32O7. The molecule has 1 aromatic rings. The smallest absolute Gasteiger partial charge is 0.302 e. The van der Waals surface area contributed by atoms with Crippen LogP contribution in [0.25, 0.3) is 0 Å². The monoisotopic (exact) mass is 408 g/mol. The van der Waals surface area contributed by atoms with E-state index in [0.29, 0.717) is 25.7 Å². The Morgan fingerprint density at radius 2 is 1.97 bits per heavy atom. The summed E-state index contributed by atoms with van der Waals surface area (Å²) >= 11 is 0. The first-order chi connectivity index (χ1) is 13.5. The van der Waals surface area contributed by atoms with Gasteiger partial charge in [-0.3, -0.25) is 4.79 Å². The standard InChI is InChI=1S/C22H32O7/c1-12-15(28-13(2)23)9-20(3)17(5-6-18(24)21(20,4)26)22(12)10-16(29-19(22)25)14-7-8-27-11-14/h7-8,11-12,15-19,24-26H,5-6,9-10H2,1-4H3/t12-,15+,16-,17-,18+,19-,20-,21-,22-/m0/s1. The number of carbonyl (C=O) groups excluding carboxylic acids is 1. The lowest BCUT2D eigenvalue weighted by Gasteiger charge is -2.65. The van der Waals surface area contributed by atoms with Crippen LogP contribution in [0.2, 0.25) is 0 Å². The van der Waals surface area contributed by atoms with Crippen molar-refractivity contribution < 1.29 is 34.0 Å². The van der Waals surface area contributed by atoms with Crippen molar-refractivity contribution in [2.24, 2.45) is 22.7 Å². The Hall–Kier alpha value is -1.41. The third-order valence-electron chi connectivity index (χ3n) is 8.51. The van der Waals surface area contributed by atoms with Gasteiger partial charge in [-0.15, -0.1) is 0 Å². The minimum absolute atomic E-state index is 0.109. The molecule has 0 amide bonds. The topological polar surface area (TPSA) is 109 Å². The molecule has 3 aliphatic rings. The zero-order valence-corrected chi connectivity index (χ0v) is 17.5. The fraction of sp³-hybridized carbons (Fsp3) is 0.773. The summed E-state index contributed by atoms with van der Waals surface area (Å²) in [5.74, 6) is -0.681. The summed E-state index contributed by atoms with van der Waals surface area (Å²) in [7, 11) is 0. The molecule has 3 N–H and O–H groups in total. The molecule has 7 heteroatoms. The van der Waals surface area contributed by atoms with E-state index in [9.17, 15) is 20.1 Å². The van der Waals surface area contributed by atoms with Crippen LogP contribution in [0, 0.1) is 22.7 Å². The van der Waals surface area contributed by atoms with Crippen molar-refractivity contribution in [2.45, 2.75) is 83.6 Å². The summed E-state index contributed by atoms with van der Waals surface area (Å²) in [6, 6.07) is 1.83. The quantitative estimate of drug-likeness (QED) is 0.645. The van der Waals surface area contributed by atoms with Crippen LogP contribution in [-0.4, -0.2) is 45.4 Å². The van der Waals surface area contributed by atoms with Crippen LogP contribution >= 0.6 is 0 Å². The van der Waals surface area contributed by atoms with Crippen molar-refractivity contribution in [3.8, 4) is 0 Å². The van der Waals surface area contributed by atoms with Crippen molar-refractivity contribution in [2.75, 3.05) is 0 Å². The fourth-order valence-corrected chi connectivity index (χ4v) is 6.62. The molecule has 0 bridgehead atoms. The summed E-state index contributed by atoms with van der Waals surface area (Å²) < 4.78 is 16.9. The number of hydrogen-bond donors (Lipinski definition) is 3. The number of furan rings is 1. The van der Waals surface area contributed by atoms with Crippen LogP contribution in [0.4, 0.5) is 0 Å². The van der Waals surface area contributed by atoms with Crippen molar-refractivity contribution in [3.05, 3.63) is 24.2 Å². The Bertz CT molecular complexity index is 759. The molecule has 2 saturated carbocycles. The van der Waals surface area contributed by atoms with Gasteiger partial charge in [0.15, 0.2) is 6.29 Å². The van der Waals surface area contributed by atoms with E-state index in [1.807, 2.05) is 19.9 Å². The number of hydrogen-bond acceptors (Lipinski definition) is 7. The molecule has 1 aliphatic heterocycles. The van der Waals surface area contributed by atoms with E-state index in [1.165, 1.54) is 6.92 Å². The number of aliphatic hydroxyl groups excluding tert-OH is 2. The maximum Gasteiger partial charge on any atom is 0.302 e. The van der Waals surface area contributed by atoms with Crippen LogP contribution in [-0.2, 0) is 14.3 Å². The number of fused-ring (bicyclic) bond motifs is 2. The molecule has 2 aliphatic carbocycles. The van der Waals surface area contributed by atoms with Gasteiger partial charge in [-0.2, -0.15) is 0 Å². The maximum atomic E-state index is 11.8. The lowest BCUT2D eigenvalue weighted by Crippen LogP contribution is -2.69. The molecule has 2 heterocycles. The predicted octanol–water partition coefficient (Wildman–Crippen LogP) is 2.55. The van der Waals surface area contributed by atoms with Crippen molar-refractivity contribution in [1.29, 1.82) is 0 Å². The molecule has 1 saturated heterocycles. The SMILES string of the molecule is CC(=O)O[C@@H]1C[C@@]2(C)[C@H](CC[C@@H](O)[C@]2(C)O)[C@]2(C[C@@H](c3ccoc3)O[C@@H]2O)[C@H]1C. The summed E-state index contributed by atoms with van der Waals surface area (Å²) in [6.07, 6.45) is 2.46. The minimum Gasteiger partial charge on any atom is -0.472 e. The van der Waals surface area contributed by atoms with Crippen LogP contribution in [0.5, 0.6) is 0 Å². The predicted molar refractivity (Wildman–Crippen MR) is 102 cm³/mol. The van der Waals surface area contributed by atoms with Crippen molar-refractivity contribution >= 4 is 5.97 Å². The molecule has 3 fully saturated rings. The molecule has 29 heavy (non-hydrogen) atoms. The van der Waals surface area contributed by atoms with E-state index in [0.717, 1.165) is 5.56 Å². The molecule has 0 radical (unpaired) electrons. The van der Waals surface area contributed by atoms with Crippen LogP contribution < -0.4 is 0 Å². The van der Waals surface area contributed by atoms with Crippen molar-refractivity contribution in [1.82, 2.24) is 0 Å². The van der Waals surface area contributed by atoms with Gasteiger partial charge in [0.25, 0.3) is 0 Å². The van der Waals surface area contributed by atoms with E-state index in [4.69, 9.17) is 13.9 Å². The summed E-state index contributed by atoms with van der Waals surface area (Å²) in [6.45, 7) is 6.98. The lowest BCUT2D eigenvalue weighted by atomic mass is 9.42.